The van der Waals surface area contributed by atoms with Crippen molar-refractivity contribution >= 4 is 18.1 Å². The van der Waals surface area contributed by atoms with Gasteiger partial charge in [0.05, 0.1) is 0 Å². The minimum Gasteiger partial charge on any atom is -0.484 e. The van der Waals surface area contributed by atoms with E-state index in [1.54, 1.807) is 0 Å². The summed E-state index contributed by atoms with van der Waals surface area (Å²) in [6, 6.07) is 5.85. The smallest absolute Gasteiger partial charge is 0.422 e. The van der Waals surface area contributed by atoms with Crippen molar-refractivity contribution in [2.45, 2.75) is 6.18 Å². The average Bonchev–Trinajstić information content (AvgIpc) is 2.14. The number of hydrazine groups is 1. The van der Waals surface area contributed by atoms with E-state index < -0.39 is 12.8 Å². The van der Waals surface area contributed by atoms with Crippen LogP contribution >= 0.6 is 12.4 Å². The van der Waals surface area contributed by atoms with Crippen molar-refractivity contribution in [3.63, 3.8) is 0 Å². The molecule has 0 saturated heterocycles. The number of ether oxygens (including phenoxy) is 1. The molecule has 86 valence electrons. The molecular formula is C8H10ClF3N2O. The van der Waals surface area contributed by atoms with Gasteiger partial charge in [-0.25, -0.2) is 0 Å². The van der Waals surface area contributed by atoms with Gasteiger partial charge in [0.1, 0.15) is 5.75 Å². The fourth-order valence-corrected chi connectivity index (χ4v) is 0.813. The molecule has 1 aromatic carbocycles. The second-order valence-electron chi connectivity index (χ2n) is 2.57. The Morgan fingerprint density at radius 3 is 2.13 bits per heavy atom. The molecular weight excluding hydrogens is 233 g/mol. The Morgan fingerprint density at radius 2 is 1.73 bits per heavy atom. The van der Waals surface area contributed by atoms with Gasteiger partial charge in [-0.05, 0) is 24.3 Å². The van der Waals surface area contributed by atoms with Crippen molar-refractivity contribution in [2.24, 2.45) is 5.84 Å². The van der Waals surface area contributed by atoms with E-state index in [-0.39, 0.29) is 18.2 Å². The highest BCUT2D eigenvalue weighted by atomic mass is 35.5. The van der Waals surface area contributed by atoms with E-state index in [9.17, 15) is 13.2 Å². The standard InChI is InChI=1S/C8H9F3N2O.ClH/c9-8(10,11)5-14-7-3-1-6(13-12)2-4-7;/h1-4,13H,5,12H2;1H. The summed E-state index contributed by atoms with van der Waals surface area (Å²) in [5, 5.41) is 0. The summed E-state index contributed by atoms with van der Waals surface area (Å²) in [6.45, 7) is -1.29. The molecule has 0 spiro atoms. The van der Waals surface area contributed by atoms with E-state index >= 15 is 0 Å². The van der Waals surface area contributed by atoms with Gasteiger partial charge >= 0.3 is 6.18 Å². The fraction of sp³-hybridized carbons (Fsp3) is 0.250. The molecule has 0 aromatic heterocycles. The number of nitrogen functional groups attached to an aromatic ring is 1. The number of anilines is 1. The number of nitrogens with one attached hydrogen (secondary N) is 1. The third-order valence-electron chi connectivity index (χ3n) is 1.42. The van der Waals surface area contributed by atoms with Gasteiger partial charge in [-0.1, -0.05) is 0 Å². The molecule has 1 rings (SSSR count). The Bertz CT molecular complexity index is 289. The van der Waals surface area contributed by atoms with Crippen LogP contribution in [0.15, 0.2) is 24.3 Å². The van der Waals surface area contributed by atoms with Gasteiger partial charge in [0, 0.05) is 5.69 Å². The lowest BCUT2D eigenvalue weighted by atomic mass is 10.3. The lowest BCUT2D eigenvalue weighted by molar-refractivity contribution is -0.153. The number of halogens is 4. The van der Waals surface area contributed by atoms with Crippen LogP contribution in [-0.2, 0) is 0 Å². The van der Waals surface area contributed by atoms with Crippen molar-refractivity contribution in [3.8, 4) is 5.75 Å². The zero-order valence-corrected chi connectivity index (χ0v) is 8.36. The molecule has 0 radical (unpaired) electrons. The summed E-state index contributed by atoms with van der Waals surface area (Å²) in [4.78, 5) is 0. The maximum atomic E-state index is 11.7. The maximum Gasteiger partial charge on any atom is 0.422 e. The van der Waals surface area contributed by atoms with Crippen molar-refractivity contribution in [2.75, 3.05) is 12.0 Å². The Morgan fingerprint density at radius 1 is 1.20 bits per heavy atom. The van der Waals surface area contributed by atoms with Crippen LogP contribution < -0.4 is 16.0 Å². The zero-order valence-electron chi connectivity index (χ0n) is 7.54. The maximum absolute atomic E-state index is 11.7. The van der Waals surface area contributed by atoms with Gasteiger partial charge in [0.15, 0.2) is 6.61 Å². The Labute approximate surface area is 90.8 Å². The van der Waals surface area contributed by atoms with Gasteiger partial charge in [0.25, 0.3) is 0 Å². The highest BCUT2D eigenvalue weighted by Gasteiger charge is 2.28. The van der Waals surface area contributed by atoms with Crippen LogP contribution in [0.25, 0.3) is 0 Å². The predicted molar refractivity (Wildman–Crippen MR) is 53.1 cm³/mol. The molecule has 0 bridgehead atoms. The molecule has 0 atom stereocenters. The number of nitrogens with two attached hydrogens (primary N) is 1. The molecule has 1 aromatic rings. The molecule has 0 saturated carbocycles. The molecule has 0 aliphatic rings. The predicted octanol–water partition coefficient (Wildman–Crippen LogP) is 2.34. The molecule has 0 heterocycles. The second-order valence-corrected chi connectivity index (χ2v) is 2.57. The van der Waals surface area contributed by atoms with E-state index in [4.69, 9.17) is 5.84 Å². The van der Waals surface area contributed by atoms with Gasteiger partial charge in [-0.3, -0.25) is 5.84 Å². The first-order valence-corrected chi connectivity index (χ1v) is 3.77. The Balaban J connectivity index is 0.00000196. The lowest BCUT2D eigenvalue weighted by Crippen LogP contribution is -2.19. The van der Waals surface area contributed by atoms with Gasteiger partial charge < -0.3 is 10.2 Å². The topological polar surface area (TPSA) is 47.3 Å². The van der Waals surface area contributed by atoms with E-state index in [1.807, 2.05) is 0 Å². The first-order chi connectivity index (χ1) is 6.51. The van der Waals surface area contributed by atoms with Crippen molar-refractivity contribution in [1.82, 2.24) is 0 Å². The second kappa shape index (κ2) is 5.67. The number of rotatable bonds is 3. The molecule has 7 heteroatoms. The summed E-state index contributed by atoms with van der Waals surface area (Å²) >= 11 is 0. The van der Waals surface area contributed by atoms with Crippen LogP contribution in [0.3, 0.4) is 0 Å². The fourth-order valence-electron chi connectivity index (χ4n) is 0.813. The van der Waals surface area contributed by atoms with E-state index in [2.05, 4.69) is 10.2 Å². The SMILES string of the molecule is Cl.NNc1ccc(OCC(F)(F)F)cc1. The zero-order chi connectivity index (χ0) is 10.6. The Hall–Kier alpha value is -1.14. The van der Waals surface area contributed by atoms with Gasteiger partial charge in [-0.2, -0.15) is 13.2 Å². The van der Waals surface area contributed by atoms with Gasteiger partial charge in [-0.15, -0.1) is 12.4 Å². The van der Waals surface area contributed by atoms with Crippen LogP contribution in [-0.4, -0.2) is 12.8 Å². The summed E-state index contributed by atoms with van der Waals surface area (Å²) in [7, 11) is 0. The summed E-state index contributed by atoms with van der Waals surface area (Å²) in [6.07, 6.45) is -4.31. The molecule has 3 N–H and O–H groups in total. The number of benzene rings is 1. The van der Waals surface area contributed by atoms with Crippen molar-refractivity contribution < 1.29 is 17.9 Å². The third kappa shape index (κ3) is 5.34. The molecule has 0 aliphatic heterocycles. The molecule has 0 unspecified atom stereocenters. The minimum atomic E-state index is -4.31. The van der Waals surface area contributed by atoms with Crippen molar-refractivity contribution in [3.05, 3.63) is 24.3 Å². The van der Waals surface area contributed by atoms with Crippen molar-refractivity contribution in [1.29, 1.82) is 0 Å². The van der Waals surface area contributed by atoms with E-state index in [0.717, 1.165) is 0 Å². The highest BCUT2D eigenvalue weighted by Crippen LogP contribution is 2.19. The quantitative estimate of drug-likeness (QED) is 0.632. The highest BCUT2D eigenvalue weighted by molar-refractivity contribution is 5.85. The Kier molecular flexibility index (Phi) is 5.24. The van der Waals surface area contributed by atoms with Crippen LogP contribution in [0.5, 0.6) is 5.75 Å². The number of hydrogen-bond donors (Lipinski definition) is 2. The van der Waals surface area contributed by atoms with Crippen LogP contribution in [0.1, 0.15) is 0 Å². The van der Waals surface area contributed by atoms with Gasteiger partial charge in [0.2, 0.25) is 0 Å². The summed E-state index contributed by atoms with van der Waals surface area (Å²) in [5.41, 5.74) is 2.95. The molecule has 0 fully saturated rings. The van der Waals surface area contributed by atoms with Crippen LogP contribution in [0, 0.1) is 0 Å². The first kappa shape index (κ1) is 13.9. The van der Waals surface area contributed by atoms with E-state index in [1.165, 1.54) is 24.3 Å². The molecule has 15 heavy (non-hydrogen) atoms. The summed E-state index contributed by atoms with van der Waals surface area (Å²) < 4.78 is 39.7. The summed E-state index contributed by atoms with van der Waals surface area (Å²) in [5.74, 6) is 5.23. The lowest BCUT2D eigenvalue weighted by Gasteiger charge is -2.09. The third-order valence-corrected chi connectivity index (χ3v) is 1.42. The monoisotopic (exact) mass is 242 g/mol. The average molecular weight is 243 g/mol. The molecule has 0 aliphatic carbocycles. The largest absolute Gasteiger partial charge is 0.484 e. The minimum absolute atomic E-state index is 0. The van der Waals surface area contributed by atoms with E-state index in [0.29, 0.717) is 5.69 Å². The van der Waals surface area contributed by atoms with Crippen LogP contribution in [0.4, 0.5) is 18.9 Å². The molecule has 3 nitrogen and oxygen atoms in total. The number of alkyl halides is 3. The van der Waals surface area contributed by atoms with Crippen LogP contribution in [0.2, 0.25) is 0 Å². The molecule has 0 amide bonds. The number of hydrogen-bond acceptors (Lipinski definition) is 3. The normalized spacial score (nSPS) is 10.4. The first-order valence-electron chi connectivity index (χ1n) is 3.77.